The number of hydrogen-bond acceptors (Lipinski definition) is 2. The van der Waals surface area contributed by atoms with Gasteiger partial charge >= 0.3 is 0 Å². The minimum atomic E-state index is -0.528. The topological polar surface area (TPSA) is 38.3 Å². The minimum absolute atomic E-state index is 0.125. The maximum atomic E-state index is 12.8. The van der Waals surface area contributed by atoms with Crippen molar-refractivity contribution >= 4 is 22.4 Å². The summed E-state index contributed by atoms with van der Waals surface area (Å²) in [6.45, 7) is 6.01. The third-order valence-electron chi connectivity index (χ3n) is 4.53. The van der Waals surface area contributed by atoms with E-state index < -0.39 is 6.10 Å². The highest BCUT2D eigenvalue weighted by molar-refractivity contribution is 6.03. The standard InChI is InChI=1S/C22H23NO2/c1-4-20(25-21-14-7-9-15(2)16(21)3)22(24)23-19-13-8-11-17-10-5-6-12-18(17)19/h5-14,20H,4H2,1-3H3,(H,23,24)/t20-/m0/s1. The van der Waals surface area contributed by atoms with Gasteiger partial charge in [-0.2, -0.15) is 0 Å². The summed E-state index contributed by atoms with van der Waals surface area (Å²) in [7, 11) is 0. The number of anilines is 1. The molecule has 0 aliphatic carbocycles. The molecule has 0 radical (unpaired) electrons. The Labute approximate surface area is 148 Å². The first-order valence-electron chi connectivity index (χ1n) is 8.61. The van der Waals surface area contributed by atoms with Gasteiger partial charge in [-0.15, -0.1) is 0 Å². The molecule has 0 heterocycles. The molecule has 0 spiro atoms. The molecule has 0 saturated heterocycles. The van der Waals surface area contributed by atoms with Crippen LogP contribution in [0, 0.1) is 13.8 Å². The molecule has 3 rings (SSSR count). The van der Waals surface area contributed by atoms with Gasteiger partial charge in [0.25, 0.3) is 5.91 Å². The van der Waals surface area contributed by atoms with E-state index in [0.717, 1.165) is 33.3 Å². The molecule has 3 nitrogen and oxygen atoms in total. The Kier molecular flexibility index (Phi) is 5.03. The van der Waals surface area contributed by atoms with Gasteiger partial charge in [-0.25, -0.2) is 0 Å². The first-order chi connectivity index (χ1) is 12.1. The van der Waals surface area contributed by atoms with Crippen molar-refractivity contribution in [1.29, 1.82) is 0 Å². The zero-order chi connectivity index (χ0) is 17.8. The van der Waals surface area contributed by atoms with E-state index in [0.29, 0.717) is 6.42 Å². The predicted octanol–water partition coefficient (Wildman–Crippen LogP) is 5.25. The highest BCUT2D eigenvalue weighted by Crippen LogP contribution is 2.25. The van der Waals surface area contributed by atoms with Crippen molar-refractivity contribution in [2.45, 2.75) is 33.3 Å². The molecule has 3 heteroatoms. The second-order valence-electron chi connectivity index (χ2n) is 6.23. The predicted molar refractivity (Wildman–Crippen MR) is 103 cm³/mol. The lowest BCUT2D eigenvalue weighted by Gasteiger charge is -2.20. The fourth-order valence-electron chi connectivity index (χ4n) is 2.87. The van der Waals surface area contributed by atoms with Gasteiger partial charge < -0.3 is 10.1 Å². The van der Waals surface area contributed by atoms with Crippen LogP contribution in [0.2, 0.25) is 0 Å². The van der Waals surface area contributed by atoms with Gasteiger partial charge in [-0.1, -0.05) is 55.5 Å². The van der Waals surface area contributed by atoms with Crippen molar-refractivity contribution in [2.75, 3.05) is 5.32 Å². The third kappa shape index (κ3) is 3.66. The second kappa shape index (κ2) is 7.39. The number of fused-ring (bicyclic) bond motifs is 1. The summed E-state index contributed by atoms with van der Waals surface area (Å²) in [5.74, 6) is 0.639. The molecule has 1 atom stereocenters. The lowest BCUT2D eigenvalue weighted by atomic mass is 10.1. The number of hydrogen-bond donors (Lipinski definition) is 1. The Bertz CT molecular complexity index is 896. The van der Waals surface area contributed by atoms with Crippen molar-refractivity contribution in [3.05, 3.63) is 71.8 Å². The normalized spacial score (nSPS) is 12.0. The van der Waals surface area contributed by atoms with Crippen molar-refractivity contribution < 1.29 is 9.53 Å². The van der Waals surface area contributed by atoms with Crippen LogP contribution in [0.4, 0.5) is 5.69 Å². The summed E-state index contributed by atoms with van der Waals surface area (Å²) in [4.78, 5) is 12.8. The van der Waals surface area contributed by atoms with Crippen LogP contribution in [-0.4, -0.2) is 12.0 Å². The number of carbonyl (C=O) groups is 1. The molecule has 0 unspecified atom stereocenters. The SMILES string of the molecule is CC[C@H](Oc1cccc(C)c1C)C(=O)Nc1cccc2ccccc12. The average Bonchev–Trinajstić information content (AvgIpc) is 2.63. The maximum Gasteiger partial charge on any atom is 0.265 e. The Morgan fingerprint density at radius 2 is 1.72 bits per heavy atom. The first-order valence-corrected chi connectivity index (χ1v) is 8.61. The summed E-state index contributed by atoms with van der Waals surface area (Å²) < 4.78 is 6.01. The summed E-state index contributed by atoms with van der Waals surface area (Å²) in [6.07, 6.45) is 0.0729. The van der Waals surface area contributed by atoms with Crippen LogP contribution < -0.4 is 10.1 Å². The molecular formula is C22H23NO2. The number of nitrogens with one attached hydrogen (secondary N) is 1. The summed E-state index contributed by atoms with van der Waals surface area (Å²) >= 11 is 0. The lowest BCUT2D eigenvalue weighted by Crippen LogP contribution is -2.32. The molecule has 1 amide bonds. The first kappa shape index (κ1) is 17.0. The van der Waals surface area contributed by atoms with Gasteiger partial charge in [0, 0.05) is 11.1 Å². The van der Waals surface area contributed by atoms with Crippen LogP contribution in [0.15, 0.2) is 60.7 Å². The summed E-state index contributed by atoms with van der Waals surface area (Å²) in [5, 5.41) is 5.15. The van der Waals surface area contributed by atoms with Crippen LogP contribution in [0.25, 0.3) is 10.8 Å². The number of amides is 1. The van der Waals surface area contributed by atoms with Crippen molar-refractivity contribution in [3.8, 4) is 5.75 Å². The fraction of sp³-hybridized carbons (Fsp3) is 0.227. The molecule has 0 bridgehead atoms. The van der Waals surface area contributed by atoms with E-state index >= 15 is 0 Å². The van der Waals surface area contributed by atoms with E-state index in [4.69, 9.17) is 4.74 Å². The highest BCUT2D eigenvalue weighted by Gasteiger charge is 2.20. The molecule has 0 aliphatic rings. The van der Waals surface area contributed by atoms with Crippen molar-refractivity contribution in [1.82, 2.24) is 0 Å². The molecule has 25 heavy (non-hydrogen) atoms. The molecule has 3 aromatic rings. The van der Waals surface area contributed by atoms with Crippen molar-refractivity contribution in [2.24, 2.45) is 0 Å². The molecule has 1 N–H and O–H groups in total. The van der Waals surface area contributed by atoms with Crippen LogP contribution >= 0.6 is 0 Å². The van der Waals surface area contributed by atoms with Crippen LogP contribution in [0.1, 0.15) is 24.5 Å². The van der Waals surface area contributed by atoms with Gasteiger partial charge in [0.15, 0.2) is 6.10 Å². The van der Waals surface area contributed by atoms with Gasteiger partial charge in [0.1, 0.15) is 5.75 Å². The molecular weight excluding hydrogens is 310 g/mol. The van der Waals surface area contributed by atoms with Gasteiger partial charge in [-0.05, 0) is 48.9 Å². The van der Waals surface area contributed by atoms with E-state index in [1.165, 1.54) is 0 Å². The van der Waals surface area contributed by atoms with Crippen molar-refractivity contribution in [3.63, 3.8) is 0 Å². The van der Waals surface area contributed by atoms with Crippen LogP contribution in [-0.2, 0) is 4.79 Å². The largest absolute Gasteiger partial charge is 0.480 e. The monoisotopic (exact) mass is 333 g/mol. The smallest absolute Gasteiger partial charge is 0.265 e. The van der Waals surface area contributed by atoms with Crippen LogP contribution in [0.5, 0.6) is 5.75 Å². The average molecular weight is 333 g/mol. The Balaban J connectivity index is 1.81. The summed E-state index contributed by atoms with van der Waals surface area (Å²) in [5.41, 5.74) is 3.03. The third-order valence-corrected chi connectivity index (χ3v) is 4.53. The molecule has 3 aromatic carbocycles. The number of ether oxygens (including phenoxy) is 1. The fourth-order valence-corrected chi connectivity index (χ4v) is 2.87. The van der Waals surface area contributed by atoms with E-state index in [-0.39, 0.29) is 5.91 Å². The lowest BCUT2D eigenvalue weighted by molar-refractivity contribution is -0.122. The zero-order valence-electron chi connectivity index (χ0n) is 14.9. The molecule has 0 saturated carbocycles. The van der Waals surface area contributed by atoms with Gasteiger partial charge in [0.05, 0.1) is 0 Å². The number of aryl methyl sites for hydroxylation is 1. The maximum absolute atomic E-state index is 12.8. The molecule has 128 valence electrons. The Hall–Kier alpha value is -2.81. The minimum Gasteiger partial charge on any atom is -0.480 e. The van der Waals surface area contributed by atoms with E-state index in [2.05, 4.69) is 5.32 Å². The number of rotatable bonds is 5. The van der Waals surface area contributed by atoms with E-state index in [1.54, 1.807) is 0 Å². The van der Waals surface area contributed by atoms with Gasteiger partial charge in [0.2, 0.25) is 0 Å². The number of benzene rings is 3. The molecule has 0 fully saturated rings. The highest BCUT2D eigenvalue weighted by atomic mass is 16.5. The molecule has 0 aromatic heterocycles. The van der Waals surface area contributed by atoms with Crippen LogP contribution in [0.3, 0.4) is 0 Å². The summed E-state index contributed by atoms with van der Waals surface area (Å²) in [6, 6.07) is 19.8. The van der Waals surface area contributed by atoms with E-state index in [9.17, 15) is 4.79 Å². The molecule has 0 aliphatic heterocycles. The Morgan fingerprint density at radius 1 is 1.00 bits per heavy atom. The Morgan fingerprint density at radius 3 is 2.52 bits per heavy atom. The number of carbonyl (C=O) groups excluding carboxylic acids is 1. The second-order valence-corrected chi connectivity index (χ2v) is 6.23. The zero-order valence-corrected chi connectivity index (χ0v) is 14.9. The van der Waals surface area contributed by atoms with Gasteiger partial charge in [-0.3, -0.25) is 4.79 Å². The quantitative estimate of drug-likeness (QED) is 0.692. The van der Waals surface area contributed by atoms with E-state index in [1.807, 2.05) is 81.4 Å².